The van der Waals surface area contributed by atoms with Gasteiger partial charge in [0.2, 0.25) is 0 Å². The van der Waals surface area contributed by atoms with Crippen LogP contribution in [0.2, 0.25) is 5.15 Å². The summed E-state index contributed by atoms with van der Waals surface area (Å²) in [7, 11) is 0. The standard InChI is InChI=1S/C16H15BrClN3O2S/c1-9(2)23-13-5-3-10(17)7-12(13)15(22)21-16(24)20-11-4-6-14(18)19-8-11/h3-9H,1-2H3,(H2,20,21,22,24). The van der Waals surface area contributed by atoms with Gasteiger partial charge in [-0.05, 0) is 56.4 Å². The lowest BCUT2D eigenvalue weighted by molar-refractivity contribution is 0.0972. The Bertz CT molecular complexity index is 753. The number of nitrogens with one attached hydrogen (secondary N) is 2. The molecular weight excluding hydrogens is 414 g/mol. The largest absolute Gasteiger partial charge is 0.490 e. The molecule has 8 heteroatoms. The van der Waals surface area contributed by atoms with Crippen molar-refractivity contribution in [3.63, 3.8) is 0 Å². The number of halogens is 2. The summed E-state index contributed by atoms with van der Waals surface area (Å²) in [6.07, 6.45) is 1.47. The van der Waals surface area contributed by atoms with Crippen LogP contribution >= 0.6 is 39.7 Å². The van der Waals surface area contributed by atoms with Crippen molar-refractivity contribution in [2.24, 2.45) is 0 Å². The predicted octanol–water partition coefficient (Wildman–Crippen LogP) is 4.41. The molecule has 2 rings (SSSR count). The minimum absolute atomic E-state index is 0.0528. The second kappa shape index (κ2) is 8.41. The van der Waals surface area contributed by atoms with Crippen molar-refractivity contribution >= 4 is 56.5 Å². The number of carbonyl (C=O) groups is 1. The lowest BCUT2D eigenvalue weighted by Gasteiger charge is -2.15. The number of amides is 1. The number of thiocarbonyl (C=S) groups is 1. The Kier molecular flexibility index (Phi) is 6.53. The highest BCUT2D eigenvalue weighted by Gasteiger charge is 2.15. The Hall–Kier alpha value is -1.70. The molecule has 5 nitrogen and oxygen atoms in total. The second-order valence-corrected chi connectivity index (χ2v) is 6.80. The Morgan fingerprint density at radius 1 is 1.33 bits per heavy atom. The molecule has 126 valence electrons. The first-order valence-electron chi connectivity index (χ1n) is 7.05. The summed E-state index contributed by atoms with van der Waals surface area (Å²) in [5, 5.41) is 6.02. The van der Waals surface area contributed by atoms with E-state index >= 15 is 0 Å². The maximum atomic E-state index is 12.5. The third-order valence-electron chi connectivity index (χ3n) is 2.76. The van der Waals surface area contributed by atoms with Crippen LogP contribution in [-0.4, -0.2) is 22.1 Å². The maximum absolute atomic E-state index is 12.5. The van der Waals surface area contributed by atoms with E-state index < -0.39 is 0 Å². The fourth-order valence-electron chi connectivity index (χ4n) is 1.82. The molecule has 0 radical (unpaired) electrons. The Morgan fingerprint density at radius 3 is 2.71 bits per heavy atom. The molecule has 1 heterocycles. The van der Waals surface area contributed by atoms with E-state index in [4.69, 9.17) is 28.6 Å². The van der Waals surface area contributed by atoms with E-state index in [9.17, 15) is 4.79 Å². The monoisotopic (exact) mass is 427 g/mol. The SMILES string of the molecule is CC(C)Oc1ccc(Br)cc1C(=O)NC(=S)Nc1ccc(Cl)nc1. The molecule has 2 N–H and O–H groups in total. The van der Waals surface area contributed by atoms with Crippen molar-refractivity contribution in [2.45, 2.75) is 20.0 Å². The van der Waals surface area contributed by atoms with Crippen LogP contribution in [0.4, 0.5) is 5.69 Å². The van der Waals surface area contributed by atoms with Crippen molar-refractivity contribution in [2.75, 3.05) is 5.32 Å². The molecule has 0 bridgehead atoms. The first-order valence-corrected chi connectivity index (χ1v) is 8.63. The molecule has 0 aliphatic heterocycles. The van der Waals surface area contributed by atoms with E-state index in [-0.39, 0.29) is 17.1 Å². The van der Waals surface area contributed by atoms with Gasteiger partial charge >= 0.3 is 0 Å². The molecule has 0 saturated heterocycles. The highest BCUT2D eigenvalue weighted by atomic mass is 79.9. The molecule has 1 aromatic carbocycles. The number of nitrogens with zero attached hydrogens (tertiary/aromatic N) is 1. The van der Waals surface area contributed by atoms with Gasteiger partial charge in [0.05, 0.1) is 23.6 Å². The van der Waals surface area contributed by atoms with Gasteiger partial charge in [-0.3, -0.25) is 10.1 Å². The number of benzene rings is 1. The topological polar surface area (TPSA) is 63.2 Å². The number of pyridine rings is 1. The van der Waals surface area contributed by atoms with Crippen LogP contribution in [0.15, 0.2) is 41.0 Å². The normalized spacial score (nSPS) is 10.4. The van der Waals surface area contributed by atoms with Gasteiger partial charge in [0.1, 0.15) is 10.9 Å². The molecule has 0 aliphatic rings. The van der Waals surface area contributed by atoms with Crippen LogP contribution in [0.3, 0.4) is 0 Å². The van der Waals surface area contributed by atoms with E-state index in [0.29, 0.717) is 22.2 Å². The number of anilines is 1. The summed E-state index contributed by atoms with van der Waals surface area (Å²) in [6.45, 7) is 3.78. The number of carbonyl (C=O) groups excluding carboxylic acids is 1. The third-order valence-corrected chi connectivity index (χ3v) is 3.68. The van der Waals surface area contributed by atoms with Gasteiger partial charge in [0.15, 0.2) is 5.11 Å². The van der Waals surface area contributed by atoms with Gasteiger partial charge in [-0.2, -0.15) is 0 Å². The molecule has 1 amide bonds. The Morgan fingerprint density at radius 2 is 2.08 bits per heavy atom. The van der Waals surface area contributed by atoms with E-state index in [1.807, 2.05) is 19.9 Å². The maximum Gasteiger partial charge on any atom is 0.261 e. The smallest absolute Gasteiger partial charge is 0.261 e. The van der Waals surface area contributed by atoms with Crippen LogP contribution in [0, 0.1) is 0 Å². The zero-order valence-electron chi connectivity index (χ0n) is 13.0. The first-order chi connectivity index (χ1) is 11.3. The molecule has 0 fully saturated rings. The summed E-state index contributed by atoms with van der Waals surface area (Å²) in [5.41, 5.74) is 1.01. The van der Waals surface area contributed by atoms with E-state index in [1.54, 1.807) is 24.3 Å². The quantitative estimate of drug-likeness (QED) is 0.558. The number of hydrogen-bond acceptors (Lipinski definition) is 4. The van der Waals surface area contributed by atoms with Crippen molar-refractivity contribution in [1.29, 1.82) is 0 Å². The van der Waals surface area contributed by atoms with Crippen molar-refractivity contribution < 1.29 is 9.53 Å². The number of ether oxygens (including phenoxy) is 1. The van der Waals surface area contributed by atoms with Gasteiger partial charge in [-0.1, -0.05) is 27.5 Å². The molecule has 0 unspecified atom stereocenters. The summed E-state index contributed by atoms with van der Waals surface area (Å²) in [5.74, 6) is 0.119. The molecule has 1 aromatic heterocycles. The number of hydrogen-bond donors (Lipinski definition) is 2. The average molecular weight is 429 g/mol. The molecule has 2 aromatic rings. The molecule has 24 heavy (non-hydrogen) atoms. The Labute approximate surface area is 158 Å². The lowest BCUT2D eigenvalue weighted by Crippen LogP contribution is -2.34. The van der Waals surface area contributed by atoms with Crippen LogP contribution in [0.25, 0.3) is 0 Å². The second-order valence-electron chi connectivity index (χ2n) is 5.08. The van der Waals surface area contributed by atoms with Crippen LogP contribution < -0.4 is 15.4 Å². The van der Waals surface area contributed by atoms with E-state index in [2.05, 4.69) is 31.5 Å². The van der Waals surface area contributed by atoms with Gasteiger partial charge in [-0.15, -0.1) is 0 Å². The summed E-state index contributed by atoms with van der Waals surface area (Å²) >= 11 is 14.2. The summed E-state index contributed by atoms with van der Waals surface area (Å²) < 4.78 is 6.43. The van der Waals surface area contributed by atoms with Gasteiger partial charge < -0.3 is 10.1 Å². The zero-order valence-corrected chi connectivity index (χ0v) is 16.1. The molecule has 0 atom stereocenters. The van der Waals surface area contributed by atoms with Gasteiger partial charge in [-0.25, -0.2) is 4.98 Å². The van der Waals surface area contributed by atoms with Gasteiger partial charge in [0, 0.05) is 4.47 Å². The summed E-state index contributed by atoms with van der Waals surface area (Å²) in [4.78, 5) is 16.4. The number of aromatic nitrogens is 1. The fourth-order valence-corrected chi connectivity index (χ4v) is 2.50. The fraction of sp³-hybridized carbons (Fsp3) is 0.188. The molecule has 0 aliphatic carbocycles. The van der Waals surface area contributed by atoms with E-state index in [1.165, 1.54) is 6.20 Å². The molecule has 0 spiro atoms. The van der Waals surface area contributed by atoms with Crippen LogP contribution in [0.1, 0.15) is 24.2 Å². The highest BCUT2D eigenvalue weighted by Crippen LogP contribution is 2.24. The first kappa shape index (κ1) is 18.6. The van der Waals surface area contributed by atoms with Crippen LogP contribution in [0.5, 0.6) is 5.75 Å². The molecule has 0 saturated carbocycles. The Balaban J connectivity index is 2.09. The highest BCUT2D eigenvalue weighted by molar-refractivity contribution is 9.10. The zero-order chi connectivity index (χ0) is 17.7. The summed E-state index contributed by atoms with van der Waals surface area (Å²) in [6, 6.07) is 8.56. The van der Waals surface area contributed by atoms with Gasteiger partial charge in [0.25, 0.3) is 5.91 Å². The van der Waals surface area contributed by atoms with Crippen molar-refractivity contribution in [3.05, 3.63) is 51.7 Å². The molecular formula is C16H15BrClN3O2S. The van der Waals surface area contributed by atoms with E-state index in [0.717, 1.165) is 4.47 Å². The average Bonchev–Trinajstić information content (AvgIpc) is 2.50. The minimum Gasteiger partial charge on any atom is -0.490 e. The van der Waals surface area contributed by atoms with Crippen LogP contribution in [-0.2, 0) is 0 Å². The minimum atomic E-state index is -0.369. The third kappa shape index (κ3) is 5.43. The van der Waals surface area contributed by atoms with Crippen molar-refractivity contribution in [3.8, 4) is 5.75 Å². The predicted molar refractivity (Wildman–Crippen MR) is 103 cm³/mol. The van der Waals surface area contributed by atoms with Crippen molar-refractivity contribution in [1.82, 2.24) is 10.3 Å². The number of rotatable bonds is 4. The lowest BCUT2D eigenvalue weighted by atomic mass is 10.2.